The lowest BCUT2D eigenvalue weighted by molar-refractivity contribution is 0.654. The van der Waals surface area contributed by atoms with Crippen LogP contribution in [0.25, 0.3) is 83.5 Å². The Hall–Kier alpha value is -6.07. The lowest BCUT2D eigenvalue weighted by atomic mass is 10.0. The van der Waals surface area contributed by atoms with Crippen LogP contribution in [0.5, 0.6) is 0 Å². The van der Waals surface area contributed by atoms with E-state index in [1.807, 2.05) is 42.5 Å². The van der Waals surface area contributed by atoms with Crippen molar-refractivity contribution in [3.05, 3.63) is 146 Å². The maximum absolute atomic E-state index is 6.43. The molecule has 4 heterocycles. The van der Waals surface area contributed by atoms with Crippen LogP contribution in [-0.4, -0.2) is 19.5 Å². The molecule has 0 N–H and O–H groups in total. The zero-order valence-electron chi connectivity index (χ0n) is 23.6. The smallest absolute Gasteiger partial charge is 0.227 e. The molecule has 5 nitrogen and oxygen atoms in total. The van der Waals surface area contributed by atoms with Gasteiger partial charge in [-0.2, -0.15) is 0 Å². The molecule has 0 atom stereocenters. The molecule has 0 aliphatic carbocycles. The predicted molar refractivity (Wildman–Crippen MR) is 178 cm³/mol. The second-order valence-electron chi connectivity index (χ2n) is 10.9. The van der Waals surface area contributed by atoms with Gasteiger partial charge in [0.15, 0.2) is 5.82 Å². The van der Waals surface area contributed by atoms with E-state index in [4.69, 9.17) is 14.4 Å². The number of furan rings is 1. The molecule has 0 saturated heterocycles. The summed E-state index contributed by atoms with van der Waals surface area (Å²) in [7, 11) is 0. The van der Waals surface area contributed by atoms with Crippen LogP contribution in [0.2, 0.25) is 0 Å². The zero-order valence-corrected chi connectivity index (χ0v) is 23.6. The van der Waals surface area contributed by atoms with Gasteiger partial charge in [0.25, 0.3) is 0 Å². The van der Waals surface area contributed by atoms with E-state index in [-0.39, 0.29) is 0 Å². The predicted octanol–water partition coefficient (Wildman–Crippen LogP) is 9.87. The van der Waals surface area contributed by atoms with Crippen molar-refractivity contribution in [2.24, 2.45) is 0 Å². The summed E-state index contributed by atoms with van der Waals surface area (Å²) in [6, 6.07) is 47.9. The van der Waals surface area contributed by atoms with E-state index < -0.39 is 0 Å². The summed E-state index contributed by atoms with van der Waals surface area (Å²) in [5, 5.41) is 4.28. The fourth-order valence-electron chi connectivity index (χ4n) is 6.31. The summed E-state index contributed by atoms with van der Waals surface area (Å²) in [4.78, 5) is 15.0. The van der Waals surface area contributed by atoms with Crippen LogP contribution in [-0.2, 0) is 0 Å². The van der Waals surface area contributed by atoms with Crippen molar-refractivity contribution in [3.63, 3.8) is 0 Å². The number of para-hydroxylation sites is 2. The molecule has 0 bridgehead atoms. The summed E-state index contributed by atoms with van der Waals surface area (Å²) >= 11 is 0. The van der Waals surface area contributed by atoms with Crippen molar-refractivity contribution in [2.75, 3.05) is 0 Å². The number of nitrogens with zero attached hydrogens (tertiary/aromatic N) is 4. The van der Waals surface area contributed by atoms with Gasteiger partial charge in [0, 0.05) is 50.5 Å². The molecule has 9 aromatic rings. The average Bonchev–Trinajstić information content (AvgIpc) is 3.64. The molecule has 9 rings (SSSR count). The lowest BCUT2D eigenvalue weighted by Crippen LogP contribution is -1.99. The summed E-state index contributed by atoms with van der Waals surface area (Å²) < 4.78 is 8.73. The van der Waals surface area contributed by atoms with Crippen LogP contribution in [0, 0.1) is 0 Å². The number of benzene rings is 5. The van der Waals surface area contributed by atoms with Crippen LogP contribution >= 0.6 is 0 Å². The van der Waals surface area contributed by atoms with E-state index in [1.54, 1.807) is 6.20 Å². The van der Waals surface area contributed by atoms with Crippen LogP contribution < -0.4 is 0 Å². The average molecular weight is 565 g/mol. The largest absolute Gasteiger partial charge is 0.438 e. The van der Waals surface area contributed by atoms with E-state index in [2.05, 4.69) is 107 Å². The van der Waals surface area contributed by atoms with Gasteiger partial charge >= 0.3 is 0 Å². The van der Waals surface area contributed by atoms with Gasteiger partial charge in [-0.1, -0.05) is 97.1 Å². The third kappa shape index (κ3) is 3.83. The standard InChI is InChI=1S/C39H24N4O/c1-3-12-25(13-4-1)32-24-33(26-14-5-2-6-15-26)42-38(41-32)31-22-27(23-36-37(31)30-18-11-21-40-39(30)44-36)43-34-19-9-7-16-28(34)29-17-8-10-20-35(29)43/h1-24H. The molecular weight excluding hydrogens is 540 g/mol. The Labute approximate surface area is 252 Å². The molecule has 0 aliphatic heterocycles. The number of fused-ring (bicyclic) bond motifs is 6. The molecule has 0 spiro atoms. The minimum Gasteiger partial charge on any atom is -0.438 e. The number of pyridine rings is 1. The van der Waals surface area contributed by atoms with Gasteiger partial charge in [-0.05, 0) is 36.4 Å². The van der Waals surface area contributed by atoms with Crippen LogP contribution in [0.4, 0.5) is 0 Å². The summed E-state index contributed by atoms with van der Waals surface area (Å²) in [5.74, 6) is 0.629. The minimum absolute atomic E-state index is 0.589. The highest BCUT2D eigenvalue weighted by molar-refractivity contribution is 6.13. The number of aromatic nitrogens is 4. The molecule has 5 aromatic carbocycles. The second-order valence-corrected chi connectivity index (χ2v) is 10.9. The zero-order chi connectivity index (χ0) is 29.0. The van der Waals surface area contributed by atoms with Crippen molar-refractivity contribution in [1.82, 2.24) is 19.5 Å². The van der Waals surface area contributed by atoms with E-state index in [1.165, 1.54) is 10.8 Å². The summed E-state index contributed by atoms with van der Waals surface area (Å²) in [6.45, 7) is 0. The Morgan fingerprint density at radius 3 is 1.73 bits per heavy atom. The van der Waals surface area contributed by atoms with Crippen LogP contribution in [0.3, 0.4) is 0 Å². The normalized spacial score (nSPS) is 11.6. The maximum Gasteiger partial charge on any atom is 0.227 e. The molecule has 4 aromatic heterocycles. The number of rotatable bonds is 4. The van der Waals surface area contributed by atoms with E-state index >= 15 is 0 Å². The monoisotopic (exact) mass is 564 g/mol. The summed E-state index contributed by atoms with van der Waals surface area (Å²) in [6.07, 6.45) is 1.76. The Kier molecular flexibility index (Phi) is 5.43. The first kappa shape index (κ1) is 24.5. The van der Waals surface area contributed by atoms with E-state index in [0.29, 0.717) is 11.5 Å². The molecule has 44 heavy (non-hydrogen) atoms. The van der Waals surface area contributed by atoms with Gasteiger partial charge in [0.2, 0.25) is 5.71 Å². The molecule has 0 aliphatic rings. The Morgan fingerprint density at radius 1 is 0.523 bits per heavy atom. The van der Waals surface area contributed by atoms with Crippen LogP contribution in [0.15, 0.2) is 150 Å². The fraction of sp³-hybridized carbons (Fsp3) is 0. The minimum atomic E-state index is 0.589. The Morgan fingerprint density at radius 2 is 1.09 bits per heavy atom. The first-order chi connectivity index (χ1) is 21.8. The third-order valence-electron chi connectivity index (χ3n) is 8.28. The molecule has 0 unspecified atom stereocenters. The van der Waals surface area contributed by atoms with Gasteiger partial charge in [0.05, 0.1) is 28.1 Å². The number of hydrogen-bond donors (Lipinski definition) is 0. The maximum atomic E-state index is 6.43. The van der Waals surface area contributed by atoms with Gasteiger partial charge in [-0.15, -0.1) is 0 Å². The first-order valence-electron chi connectivity index (χ1n) is 14.6. The second kappa shape index (κ2) is 9.75. The van der Waals surface area contributed by atoms with E-state index in [9.17, 15) is 0 Å². The topological polar surface area (TPSA) is 56.7 Å². The molecule has 0 fully saturated rings. The van der Waals surface area contributed by atoms with Crippen molar-refractivity contribution in [1.29, 1.82) is 0 Å². The molecule has 206 valence electrons. The Balaban J connectivity index is 1.40. The highest BCUT2D eigenvalue weighted by Crippen LogP contribution is 2.40. The quantitative estimate of drug-likeness (QED) is 0.213. The number of hydrogen-bond acceptors (Lipinski definition) is 4. The molecular formula is C39H24N4O. The third-order valence-corrected chi connectivity index (χ3v) is 8.28. The molecule has 0 saturated carbocycles. The lowest BCUT2D eigenvalue weighted by Gasteiger charge is -2.13. The fourth-order valence-corrected chi connectivity index (χ4v) is 6.31. The van der Waals surface area contributed by atoms with Crippen molar-refractivity contribution < 1.29 is 4.42 Å². The molecule has 0 radical (unpaired) electrons. The highest BCUT2D eigenvalue weighted by atomic mass is 16.3. The van der Waals surface area contributed by atoms with Crippen molar-refractivity contribution in [3.8, 4) is 39.6 Å². The summed E-state index contributed by atoms with van der Waals surface area (Å²) in [5.41, 5.74) is 9.21. The molecule has 0 amide bonds. The van der Waals surface area contributed by atoms with Gasteiger partial charge < -0.3 is 8.98 Å². The SMILES string of the molecule is c1ccc(-c2cc(-c3ccccc3)nc(-c3cc(-n4c5ccccc5c5ccccc54)cc4oc5ncccc5c34)n2)cc1. The van der Waals surface area contributed by atoms with Crippen molar-refractivity contribution in [2.45, 2.75) is 0 Å². The van der Waals surface area contributed by atoms with Gasteiger partial charge in [-0.25, -0.2) is 15.0 Å². The molecule has 5 heteroatoms. The van der Waals surface area contributed by atoms with Crippen molar-refractivity contribution >= 4 is 43.9 Å². The van der Waals surface area contributed by atoms with E-state index in [0.717, 1.165) is 61.2 Å². The van der Waals surface area contributed by atoms with Gasteiger partial charge in [-0.3, -0.25) is 0 Å². The van der Waals surface area contributed by atoms with Gasteiger partial charge in [0.1, 0.15) is 5.58 Å². The Bertz CT molecular complexity index is 2380. The highest BCUT2D eigenvalue weighted by Gasteiger charge is 2.21. The first-order valence-corrected chi connectivity index (χ1v) is 14.6. The van der Waals surface area contributed by atoms with Crippen LogP contribution in [0.1, 0.15) is 0 Å².